The Morgan fingerprint density at radius 3 is 2.25 bits per heavy atom. The number of aliphatic hydroxyl groups is 1. The maximum atomic E-state index is 15.2. The maximum absolute atomic E-state index is 15.2. The molecule has 6 nitrogen and oxygen atoms in total. The second-order valence-corrected chi connectivity index (χ2v) is 20.1. The van der Waals surface area contributed by atoms with Gasteiger partial charge in [0.1, 0.15) is 6.23 Å². The molecule has 7 rings (SSSR count). The van der Waals surface area contributed by atoms with Crippen LogP contribution in [0.3, 0.4) is 0 Å². The Labute approximate surface area is 320 Å². The first kappa shape index (κ1) is 38.8. The number of hydrogen-bond acceptors (Lipinski definition) is 4. The Morgan fingerprint density at radius 2 is 1.60 bits per heavy atom. The SMILES string of the molecule is C=C(C)C1CCC2(C(=O)N3CCCC(C(O)N(CC)CC)C3)CCC3(C)C(CCC4C5(C)CC=C(c6ccc(C(=O)O)cc6)C(C)(C)C5CCC43C)C12. The van der Waals surface area contributed by atoms with E-state index in [0.717, 1.165) is 70.1 Å². The van der Waals surface area contributed by atoms with Crippen LogP contribution in [0.15, 0.2) is 42.5 Å². The fraction of sp³-hybridized carbons (Fsp3) is 0.745. The third-order valence-corrected chi connectivity index (χ3v) is 17.9. The van der Waals surface area contributed by atoms with Crippen molar-refractivity contribution >= 4 is 17.4 Å². The van der Waals surface area contributed by atoms with E-state index in [2.05, 4.69) is 77.8 Å². The zero-order valence-electron chi connectivity index (χ0n) is 34.3. The van der Waals surface area contributed by atoms with E-state index in [9.17, 15) is 15.0 Å². The summed E-state index contributed by atoms with van der Waals surface area (Å²) < 4.78 is 0. The molecule has 2 N–H and O–H groups in total. The van der Waals surface area contributed by atoms with Gasteiger partial charge < -0.3 is 15.1 Å². The summed E-state index contributed by atoms with van der Waals surface area (Å²) in [6, 6.07) is 7.56. The Kier molecular flexibility index (Phi) is 9.99. The lowest BCUT2D eigenvalue weighted by molar-refractivity contribution is -0.227. The van der Waals surface area contributed by atoms with Crippen LogP contribution in [0.1, 0.15) is 142 Å². The number of nitrogens with zero attached hydrogens (tertiary/aromatic N) is 2. The van der Waals surface area contributed by atoms with E-state index in [1.165, 1.54) is 36.8 Å². The van der Waals surface area contributed by atoms with Crippen LogP contribution in [0.25, 0.3) is 5.57 Å². The van der Waals surface area contributed by atoms with E-state index in [1.807, 2.05) is 12.1 Å². The molecule has 11 atom stereocenters. The van der Waals surface area contributed by atoms with Crippen molar-refractivity contribution in [1.29, 1.82) is 0 Å². The van der Waals surface area contributed by atoms with Gasteiger partial charge in [0.2, 0.25) is 5.91 Å². The number of carbonyl (C=O) groups is 2. The number of carboxylic acid groups (broad SMARTS) is 1. The average Bonchev–Trinajstić information content (AvgIpc) is 3.53. The maximum Gasteiger partial charge on any atom is 0.335 e. The fourth-order valence-electron chi connectivity index (χ4n) is 15.1. The van der Waals surface area contributed by atoms with Crippen molar-refractivity contribution < 1.29 is 19.8 Å². The van der Waals surface area contributed by atoms with Crippen LogP contribution in [-0.4, -0.2) is 64.3 Å². The van der Waals surface area contributed by atoms with Crippen molar-refractivity contribution in [3.05, 3.63) is 53.6 Å². The highest BCUT2D eigenvalue weighted by Gasteiger charge is 2.71. The molecule has 292 valence electrons. The van der Waals surface area contributed by atoms with Gasteiger partial charge in [-0.05, 0) is 165 Å². The number of benzene rings is 1. The number of piperidine rings is 1. The molecule has 1 amide bonds. The van der Waals surface area contributed by atoms with Crippen LogP contribution in [0.2, 0.25) is 0 Å². The summed E-state index contributed by atoms with van der Waals surface area (Å²) in [6.07, 6.45) is 14.1. The van der Waals surface area contributed by atoms with Crippen molar-refractivity contribution in [2.75, 3.05) is 26.2 Å². The first-order valence-electron chi connectivity index (χ1n) is 21.4. The van der Waals surface area contributed by atoms with E-state index in [0.29, 0.717) is 47.6 Å². The largest absolute Gasteiger partial charge is 0.478 e. The molecule has 11 unspecified atom stereocenters. The summed E-state index contributed by atoms with van der Waals surface area (Å²) in [5.74, 6) is 2.02. The van der Waals surface area contributed by atoms with Crippen molar-refractivity contribution in [2.24, 2.45) is 62.6 Å². The summed E-state index contributed by atoms with van der Waals surface area (Å²) >= 11 is 0. The van der Waals surface area contributed by atoms with Gasteiger partial charge in [-0.25, -0.2) is 4.79 Å². The van der Waals surface area contributed by atoms with E-state index < -0.39 is 12.2 Å². The number of carboxylic acids is 1. The van der Waals surface area contributed by atoms with E-state index >= 15 is 4.79 Å². The molecule has 0 radical (unpaired) electrons. The molecule has 1 aliphatic heterocycles. The van der Waals surface area contributed by atoms with Gasteiger partial charge in [0.05, 0.1) is 11.0 Å². The smallest absolute Gasteiger partial charge is 0.335 e. The molecule has 4 saturated carbocycles. The Morgan fingerprint density at radius 1 is 0.906 bits per heavy atom. The Bertz CT molecular complexity index is 1630. The Hall–Kier alpha value is -2.44. The zero-order chi connectivity index (χ0) is 38.3. The number of allylic oxidation sites excluding steroid dienone is 3. The highest BCUT2D eigenvalue weighted by molar-refractivity contribution is 5.88. The van der Waals surface area contributed by atoms with Crippen molar-refractivity contribution in [3.8, 4) is 0 Å². The quantitative estimate of drug-likeness (QED) is 0.206. The van der Waals surface area contributed by atoms with Crippen molar-refractivity contribution in [2.45, 2.75) is 132 Å². The highest BCUT2D eigenvalue weighted by Crippen LogP contribution is 2.78. The summed E-state index contributed by atoms with van der Waals surface area (Å²) in [5.41, 5.74) is 4.33. The molecular formula is C47H70N2O4. The molecule has 1 aromatic rings. The number of aliphatic hydroxyl groups excluding tert-OH is 1. The summed E-state index contributed by atoms with van der Waals surface area (Å²) in [7, 11) is 0. The van der Waals surface area contributed by atoms with Crippen LogP contribution < -0.4 is 0 Å². The lowest BCUT2D eigenvalue weighted by Crippen LogP contribution is -2.66. The van der Waals surface area contributed by atoms with Crippen LogP contribution >= 0.6 is 0 Å². The average molecular weight is 727 g/mol. The van der Waals surface area contributed by atoms with Crippen LogP contribution in [0.5, 0.6) is 0 Å². The first-order chi connectivity index (χ1) is 25.0. The van der Waals surface area contributed by atoms with Gasteiger partial charge in [-0.1, -0.05) is 78.8 Å². The molecule has 0 bridgehead atoms. The molecular weight excluding hydrogens is 657 g/mol. The molecule has 5 aliphatic carbocycles. The molecule has 1 heterocycles. The van der Waals surface area contributed by atoms with Gasteiger partial charge in [-0.3, -0.25) is 9.69 Å². The van der Waals surface area contributed by atoms with Gasteiger partial charge in [-0.2, -0.15) is 0 Å². The van der Waals surface area contributed by atoms with Gasteiger partial charge in [0, 0.05) is 19.0 Å². The van der Waals surface area contributed by atoms with E-state index in [1.54, 1.807) is 12.1 Å². The lowest BCUT2D eigenvalue weighted by Gasteiger charge is -2.72. The number of aromatic carboxylic acids is 1. The number of carbonyl (C=O) groups excluding carboxylic acids is 1. The Balaban J connectivity index is 1.19. The molecule has 1 saturated heterocycles. The van der Waals surface area contributed by atoms with Crippen molar-refractivity contribution in [1.82, 2.24) is 9.80 Å². The standard InChI is InChI=1S/C47H70N2O4/c1-10-48(11-2)40(50)33-13-12-28-49(29-33)42(53)47-25-20-34(30(3)4)39(47)36-18-19-38-44(7)23-21-35(31-14-16-32(17-15-31)41(51)52)43(5,6)37(44)22-24-46(38,9)45(36,8)26-27-47/h14-17,21,33-34,36-40,50H,3,10-13,18-20,22-29H2,1-2,4-9H3,(H,51,52). The molecule has 1 aromatic carbocycles. The molecule has 53 heavy (non-hydrogen) atoms. The number of hydrogen-bond donors (Lipinski definition) is 2. The molecule has 5 fully saturated rings. The molecule has 6 aliphatic rings. The van der Waals surface area contributed by atoms with Crippen LogP contribution in [0.4, 0.5) is 0 Å². The van der Waals surface area contributed by atoms with Crippen LogP contribution in [0, 0.1) is 62.6 Å². The van der Waals surface area contributed by atoms with Crippen LogP contribution in [-0.2, 0) is 4.79 Å². The number of rotatable bonds is 8. The minimum atomic E-state index is -0.876. The minimum absolute atomic E-state index is 0.0212. The van der Waals surface area contributed by atoms with Gasteiger partial charge in [0.25, 0.3) is 0 Å². The second kappa shape index (κ2) is 13.6. The summed E-state index contributed by atoms with van der Waals surface area (Å²) in [6.45, 7) is 27.1. The third kappa shape index (κ3) is 5.67. The summed E-state index contributed by atoms with van der Waals surface area (Å²) in [4.78, 5) is 31.2. The number of fused-ring (bicyclic) bond motifs is 7. The van der Waals surface area contributed by atoms with E-state index in [-0.39, 0.29) is 33.0 Å². The monoisotopic (exact) mass is 727 g/mol. The first-order valence-corrected chi connectivity index (χ1v) is 21.4. The van der Waals surface area contributed by atoms with Gasteiger partial charge in [0.15, 0.2) is 0 Å². The normalized spacial score (nSPS) is 41.0. The van der Waals surface area contributed by atoms with Gasteiger partial charge in [-0.15, -0.1) is 0 Å². The topological polar surface area (TPSA) is 81.1 Å². The zero-order valence-corrected chi connectivity index (χ0v) is 34.3. The highest BCUT2D eigenvalue weighted by atomic mass is 16.4. The predicted molar refractivity (Wildman–Crippen MR) is 214 cm³/mol. The fourth-order valence-corrected chi connectivity index (χ4v) is 15.1. The van der Waals surface area contributed by atoms with Crippen molar-refractivity contribution in [3.63, 3.8) is 0 Å². The molecule has 0 spiro atoms. The third-order valence-electron chi connectivity index (χ3n) is 17.9. The summed E-state index contributed by atoms with van der Waals surface area (Å²) in [5, 5.41) is 20.9. The number of amides is 1. The second-order valence-electron chi connectivity index (χ2n) is 20.1. The minimum Gasteiger partial charge on any atom is -0.478 e. The molecule has 6 heteroatoms. The lowest BCUT2D eigenvalue weighted by atomic mass is 9.32. The predicted octanol–water partition coefficient (Wildman–Crippen LogP) is 9.93. The molecule has 0 aromatic heterocycles. The number of likely N-dealkylation sites (tertiary alicyclic amines) is 1. The van der Waals surface area contributed by atoms with Gasteiger partial charge >= 0.3 is 5.97 Å². The van der Waals surface area contributed by atoms with E-state index in [4.69, 9.17) is 0 Å².